The minimum atomic E-state index is -2.53. The van der Waals surface area contributed by atoms with Gasteiger partial charge in [0.05, 0.1) is 16.1 Å². The molecule has 2 aliphatic heterocycles. The van der Waals surface area contributed by atoms with Crippen LogP contribution < -0.4 is 0 Å². The predicted octanol–water partition coefficient (Wildman–Crippen LogP) is 3.39. The first kappa shape index (κ1) is 15.9. The van der Waals surface area contributed by atoms with E-state index in [0.717, 1.165) is 29.7 Å². The van der Waals surface area contributed by atoms with Crippen molar-refractivity contribution < 1.29 is 8.78 Å². The molecule has 4 rings (SSSR count). The van der Waals surface area contributed by atoms with Crippen LogP contribution in [0.5, 0.6) is 0 Å². The smallest absolute Gasteiger partial charge is 0.257 e. The molecule has 23 heavy (non-hydrogen) atoms. The van der Waals surface area contributed by atoms with Gasteiger partial charge in [-0.15, -0.1) is 11.3 Å². The van der Waals surface area contributed by atoms with Gasteiger partial charge in [0.15, 0.2) is 0 Å². The predicted molar refractivity (Wildman–Crippen MR) is 87.9 cm³/mol. The molecule has 3 nitrogen and oxygen atoms in total. The average Bonchev–Trinajstić information content (AvgIpc) is 3.07. The van der Waals surface area contributed by atoms with Crippen molar-refractivity contribution in [2.24, 2.45) is 11.3 Å². The highest BCUT2D eigenvalue weighted by atomic mass is 32.1. The van der Waals surface area contributed by atoms with Gasteiger partial charge in [0.25, 0.3) is 5.92 Å². The summed E-state index contributed by atoms with van der Waals surface area (Å²) in [6, 6.07) is 0. The molecule has 0 amide bonds. The van der Waals surface area contributed by atoms with Crippen LogP contribution in [-0.4, -0.2) is 53.4 Å². The van der Waals surface area contributed by atoms with Crippen molar-refractivity contribution >= 4 is 11.3 Å². The Morgan fingerprint density at radius 1 is 1.22 bits per heavy atom. The van der Waals surface area contributed by atoms with Gasteiger partial charge in [0.1, 0.15) is 0 Å². The van der Waals surface area contributed by atoms with Gasteiger partial charge in [0, 0.05) is 44.5 Å². The molecule has 1 spiro atoms. The summed E-state index contributed by atoms with van der Waals surface area (Å²) in [5.41, 5.74) is 0.184. The van der Waals surface area contributed by atoms with E-state index in [1.54, 1.807) is 11.3 Å². The molecule has 6 heteroatoms. The standard InChI is InChI=1S/C17H25F2N3S/c1-13-20-15(10-23-13)9-22-6-4-16(12-22)11-21(8-14-2-3-14)7-5-17(16,18)19/h10,14H,2-9,11-12H2,1H3/t16-/m0/s1. The first-order chi connectivity index (χ1) is 11.0. The van der Waals surface area contributed by atoms with Crippen molar-refractivity contribution in [3.8, 4) is 0 Å². The van der Waals surface area contributed by atoms with Gasteiger partial charge in [-0.05, 0) is 38.6 Å². The molecule has 1 atom stereocenters. The number of hydrogen-bond acceptors (Lipinski definition) is 4. The Kier molecular flexibility index (Phi) is 3.97. The van der Waals surface area contributed by atoms with Gasteiger partial charge in [-0.3, -0.25) is 4.90 Å². The molecule has 1 aliphatic carbocycles. The van der Waals surface area contributed by atoms with E-state index < -0.39 is 11.3 Å². The zero-order valence-electron chi connectivity index (χ0n) is 13.7. The van der Waals surface area contributed by atoms with E-state index in [0.29, 0.717) is 32.6 Å². The molecule has 128 valence electrons. The van der Waals surface area contributed by atoms with E-state index in [1.165, 1.54) is 12.8 Å². The summed E-state index contributed by atoms with van der Waals surface area (Å²) in [5.74, 6) is -1.76. The molecule has 1 aromatic rings. The Morgan fingerprint density at radius 2 is 1.96 bits per heavy atom. The van der Waals surface area contributed by atoms with E-state index in [9.17, 15) is 8.78 Å². The lowest BCUT2D eigenvalue weighted by molar-refractivity contribution is -0.162. The van der Waals surface area contributed by atoms with Crippen LogP contribution in [0.2, 0.25) is 0 Å². The maximum Gasteiger partial charge on any atom is 0.257 e. The van der Waals surface area contributed by atoms with Crippen LogP contribution in [0.3, 0.4) is 0 Å². The summed E-state index contributed by atoms with van der Waals surface area (Å²) in [6.45, 7) is 6.15. The highest BCUT2D eigenvalue weighted by molar-refractivity contribution is 7.09. The molecule has 0 bridgehead atoms. The molecule has 0 radical (unpaired) electrons. The van der Waals surface area contributed by atoms with Crippen molar-refractivity contribution in [3.63, 3.8) is 0 Å². The van der Waals surface area contributed by atoms with Crippen LogP contribution in [0, 0.1) is 18.3 Å². The summed E-state index contributed by atoms with van der Waals surface area (Å²) >= 11 is 1.63. The van der Waals surface area contributed by atoms with Crippen LogP contribution in [0.1, 0.15) is 36.4 Å². The van der Waals surface area contributed by atoms with Crippen LogP contribution in [0.4, 0.5) is 8.78 Å². The highest BCUT2D eigenvalue weighted by Gasteiger charge is 2.59. The summed E-state index contributed by atoms with van der Waals surface area (Å²) in [6.07, 6.45) is 3.22. The maximum atomic E-state index is 14.7. The number of aryl methyl sites for hydroxylation is 1. The topological polar surface area (TPSA) is 19.4 Å². The van der Waals surface area contributed by atoms with Gasteiger partial charge in [-0.25, -0.2) is 13.8 Å². The number of rotatable bonds is 4. The summed E-state index contributed by atoms with van der Waals surface area (Å²) in [7, 11) is 0. The third kappa shape index (κ3) is 3.17. The molecule has 0 aromatic carbocycles. The molecule has 0 unspecified atom stereocenters. The highest BCUT2D eigenvalue weighted by Crippen LogP contribution is 2.50. The van der Waals surface area contributed by atoms with Crippen molar-refractivity contribution in [1.82, 2.24) is 14.8 Å². The normalized spacial score (nSPS) is 32.0. The molecule has 0 N–H and O–H groups in total. The number of thiazole rings is 1. The third-order valence-electron chi connectivity index (χ3n) is 5.74. The molecular weight excluding hydrogens is 316 g/mol. The minimum absolute atomic E-state index is 0.0311. The Morgan fingerprint density at radius 3 is 2.65 bits per heavy atom. The van der Waals surface area contributed by atoms with E-state index in [1.807, 2.05) is 6.92 Å². The summed E-state index contributed by atoms with van der Waals surface area (Å²) in [5, 5.41) is 3.10. The number of aromatic nitrogens is 1. The monoisotopic (exact) mass is 341 g/mol. The van der Waals surface area contributed by atoms with Gasteiger partial charge >= 0.3 is 0 Å². The Labute approximate surface area is 140 Å². The number of halogens is 2. The average molecular weight is 341 g/mol. The fourth-order valence-electron chi connectivity index (χ4n) is 4.24. The van der Waals surface area contributed by atoms with Gasteiger partial charge in [0.2, 0.25) is 0 Å². The lowest BCUT2D eigenvalue weighted by atomic mass is 9.75. The largest absolute Gasteiger partial charge is 0.302 e. The quantitative estimate of drug-likeness (QED) is 0.837. The molecule has 3 aliphatic rings. The Hall–Kier alpha value is -0.590. The van der Waals surface area contributed by atoms with Crippen LogP contribution in [-0.2, 0) is 6.54 Å². The zero-order valence-corrected chi connectivity index (χ0v) is 14.5. The van der Waals surface area contributed by atoms with E-state index in [-0.39, 0.29) is 6.42 Å². The van der Waals surface area contributed by atoms with E-state index in [2.05, 4.69) is 20.2 Å². The SMILES string of the molecule is Cc1nc(CN2CC[C@@]3(C2)CN(CC2CC2)CCC3(F)F)cs1. The van der Waals surface area contributed by atoms with Crippen LogP contribution in [0.25, 0.3) is 0 Å². The Balaban J connectivity index is 1.44. The third-order valence-corrected chi connectivity index (χ3v) is 6.56. The van der Waals surface area contributed by atoms with Crippen molar-refractivity contribution in [2.45, 2.75) is 45.1 Å². The molecule has 1 aromatic heterocycles. The fraction of sp³-hybridized carbons (Fsp3) is 0.824. The number of hydrogen-bond donors (Lipinski definition) is 0. The first-order valence-electron chi connectivity index (χ1n) is 8.69. The number of likely N-dealkylation sites (tertiary alicyclic amines) is 2. The fourth-order valence-corrected chi connectivity index (χ4v) is 4.84. The van der Waals surface area contributed by atoms with Crippen molar-refractivity contribution in [2.75, 3.05) is 32.7 Å². The van der Waals surface area contributed by atoms with Crippen molar-refractivity contribution in [3.05, 3.63) is 16.1 Å². The summed E-state index contributed by atoms with van der Waals surface area (Å²) in [4.78, 5) is 8.98. The first-order valence-corrected chi connectivity index (χ1v) is 9.57. The molecule has 3 heterocycles. The van der Waals surface area contributed by atoms with Gasteiger partial charge < -0.3 is 4.90 Å². The van der Waals surface area contributed by atoms with Gasteiger partial charge in [-0.2, -0.15) is 0 Å². The maximum absolute atomic E-state index is 14.7. The second kappa shape index (κ2) is 5.74. The van der Waals surface area contributed by atoms with Crippen LogP contribution >= 0.6 is 11.3 Å². The molecular formula is C17H25F2N3S. The number of nitrogens with zero attached hydrogens (tertiary/aromatic N) is 3. The Bertz CT molecular complexity index is 572. The number of alkyl halides is 2. The minimum Gasteiger partial charge on any atom is -0.302 e. The molecule has 1 saturated carbocycles. The zero-order chi connectivity index (χ0) is 16.1. The lowest BCUT2D eigenvalue weighted by Gasteiger charge is -2.46. The molecule has 3 fully saturated rings. The van der Waals surface area contributed by atoms with Gasteiger partial charge in [-0.1, -0.05) is 0 Å². The van der Waals surface area contributed by atoms with Crippen molar-refractivity contribution in [1.29, 1.82) is 0 Å². The second-order valence-corrected chi connectivity index (χ2v) is 8.79. The van der Waals surface area contributed by atoms with Crippen LogP contribution in [0.15, 0.2) is 5.38 Å². The lowest BCUT2D eigenvalue weighted by Crippen LogP contribution is -2.57. The summed E-state index contributed by atoms with van der Waals surface area (Å²) < 4.78 is 29.5. The second-order valence-electron chi connectivity index (χ2n) is 7.73. The molecule has 2 saturated heterocycles. The number of piperidine rings is 1. The van der Waals surface area contributed by atoms with E-state index >= 15 is 0 Å². The van der Waals surface area contributed by atoms with E-state index in [4.69, 9.17) is 0 Å².